The van der Waals surface area contributed by atoms with Gasteiger partial charge in [0.15, 0.2) is 5.96 Å². The Morgan fingerprint density at radius 1 is 1.28 bits per heavy atom. The number of aliphatic imine (C=N–C) groups is 1. The van der Waals surface area contributed by atoms with Crippen molar-refractivity contribution in [2.45, 2.75) is 31.7 Å². The molecule has 0 spiro atoms. The lowest BCUT2D eigenvalue weighted by Crippen LogP contribution is -2.50. The second-order valence-corrected chi connectivity index (χ2v) is 7.47. The third-order valence-corrected chi connectivity index (χ3v) is 5.59. The standard InChI is InChI=1S/C21H30N6O.HI/c1-22-21(24-8-5-10-25-11-9-23-17-25)27-15-19-20(16-27)28-13-12-26(19)14-18-6-3-2-4-7-18;/h2-4,6-7,9,11,17,19-20H,5,8,10,12-16H2,1H3,(H,22,24);1H. The second kappa shape index (κ2) is 10.9. The molecular formula is C21H31IN6O. The summed E-state index contributed by atoms with van der Waals surface area (Å²) in [4.78, 5) is 13.5. The van der Waals surface area contributed by atoms with Crippen LogP contribution in [0.2, 0.25) is 0 Å². The molecule has 2 unspecified atom stereocenters. The molecule has 0 aliphatic carbocycles. The van der Waals surface area contributed by atoms with Gasteiger partial charge in [0.05, 0.1) is 25.1 Å². The molecule has 2 saturated heterocycles. The Kier molecular flexibility index (Phi) is 8.31. The van der Waals surface area contributed by atoms with Gasteiger partial charge >= 0.3 is 0 Å². The number of ether oxygens (including phenoxy) is 1. The van der Waals surface area contributed by atoms with Crippen LogP contribution in [0.5, 0.6) is 0 Å². The van der Waals surface area contributed by atoms with E-state index in [1.165, 1.54) is 5.56 Å². The van der Waals surface area contributed by atoms with E-state index in [2.05, 4.69) is 60.0 Å². The number of nitrogens with one attached hydrogen (secondary N) is 1. The van der Waals surface area contributed by atoms with E-state index in [1.54, 1.807) is 0 Å². The summed E-state index contributed by atoms with van der Waals surface area (Å²) in [5.74, 6) is 0.975. The second-order valence-electron chi connectivity index (χ2n) is 7.47. The number of rotatable bonds is 6. The summed E-state index contributed by atoms with van der Waals surface area (Å²) in [6.45, 7) is 6.49. The molecule has 7 nitrogen and oxygen atoms in total. The van der Waals surface area contributed by atoms with E-state index in [1.807, 2.05) is 25.8 Å². The van der Waals surface area contributed by atoms with Crippen molar-refractivity contribution in [3.8, 4) is 0 Å². The molecule has 8 heteroatoms. The van der Waals surface area contributed by atoms with Crippen molar-refractivity contribution in [1.82, 2.24) is 24.7 Å². The van der Waals surface area contributed by atoms with Crippen LogP contribution in [0.1, 0.15) is 12.0 Å². The van der Waals surface area contributed by atoms with Crippen molar-refractivity contribution >= 4 is 29.9 Å². The highest BCUT2D eigenvalue weighted by Crippen LogP contribution is 2.24. The zero-order valence-corrected chi connectivity index (χ0v) is 19.3. The highest BCUT2D eigenvalue weighted by atomic mass is 127. The van der Waals surface area contributed by atoms with Crippen molar-refractivity contribution in [2.24, 2.45) is 4.99 Å². The van der Waals surface area contributed by atoms with Gasteiger partial charge < -0.3 is 19.5 Å². The van der Waals surface area contributed by atoms with Gasteiger partial charge in [-0.05, 0) is 12.0 Å². The van der Waals surface area contributed by atoms with Gasteiger partial charge in [0.25, 0.3) is 0 Å². The number of hydrogen-bond acceptors (Lipinski definition) is 4. The molecule has 158 valence electrons. The molecule has 2 aromatic rings. The van der Waals surface area contributed by atoms with Crippen LogP contribution in [0.4, 0.5) is 0 Å². The van der Waals surface area contributed by atoms with Crippen LogP contribution in [0.3, 0.4) is 0 Å². The van der Waals surface area contributed by atoms with Crippen molar-refractivity contribution in [3.05, 3.63) is 54.6 Å². The number of benzene rings is 1. The molecule has 2 aliphatic rings. The molecule has 2 aliphatic heterocycles. The molecule has 1 N–H and O–H groups in total. The van der Waals surface area contributed by atoms with Gasteiger partial charge in [-0.2, -0.15) is 0 Å². The number of aryl methyl sites for hydroxylation is 1. The first-order chi connectivity index (χ1) is 13.8. The predicted octanol–water partition coefficient (Wildman–Crippen LogP) is 2.05. The first-order valence-corrected chi connectivity index (χ1v) is 10.1. The van der Waals surface area contributed by atoms with Crippen LogP contribution in [-0.2, 0) is 17.8 Å². The molecule has 29 heavy (non-hydrogen) atoms. The van der Waals surface area contributed by atoms with Gasteiger partial charge in [-0.15, -0.1) is 24.0 Å². The van der Waals surface area contributed by atoms with Crippen molar-refractivity contribution in [2.75, 3.05) is 39.8 Å². The van der Waals surface area contributed by atoms with Crippen LogP contribution >= 0.6 is 24.0 Å². The fraction of sp³-hybridized carbons (Fsp3) is 0.524. The van der Waals surface area contributed by atoms with E-state index in [4.69, 9.17) is 4.74 Å². The quantitative estimate of drug-likeness (QED) is 0.279. The molecule has 2 fully saturated rings. The molecule has 3 heterocycles. The summed E-state index contributed by atoms with van der Waals surface area (Å²) < 4.78 is 8.19. The smallest absolute Gasteiger partial charge is 0.193 e. The van der Waals surface area contributed by atoms with Crippen molar-refractivity contribution < 1.29 is 4.74 Å². The maximum Gasteiger partial charge on any atom is 0.193 e. The molecule has 0 bridgehead atoms. The van der Waals surface area contributed by atoms with Crippen LogP contribution < -0.4 is 5.32 Å². The third-order valence-electron chi connectivity index (χ3n) is 5.59. The largest absolute Gasteiger partial charge is 0.373 e. The maximum absolute atomic E-state index is 6.09. The van der Waals surface area contributed by atoms with E-state index in [0.29, 0.717) is 6.04 Å². The molecule has 1 aromatic heterocycles. The minimum atomic E-state index is 0. The van der Waals surface area contributed by atoms with Crippen LogP contribution in [0, 0.1) is 0 Å². The molecule has 1 aromatic carbocycles. The number of halogens is 1. The number of guanidine groups is 1. The van der Waals surface area contributed by atoms with Gasteiger partial charge in [-0.3, -0.25) is 9.89 Å². The average molecular weight is 510 g/mol. The van der Waals surface area contributed by atoms with Crippen LogP contribution in [0.15, 0.2) is 54.0 Å². The number of imidazole rings is 1. The van der Waals surface area contributed by atoms with E-state index < -0.39 is 0 Å². The van der Waals surface area contributed by atoms with Gasteiger partial charge in [-0.25, -0.2) is 4.98 Å². The highest BCUT2D eigenvalue weighted by Gasteiger charge is 2.41. The number of aromatic nitrogens is 2. The molecule has 4 rings (SSSR count). The summed E-state index contributed by atoms with van der Waals surface area (Å²) in [6, 6.07) is 11.1. The Hall–Kier alpha value is -1.65. The van der Waals surface area contributed by atoms with Gasteiger partial charge in [0, 0.05) is 58.7 Å². The van der Waals surface area contributed by atoms with Crippen molar-refractivity contribution in [3.63, 3.8) is 0 Å². The fourth-order valence-corrected chi connectivity index (χ4v) is 4.16. The normalized spacial score (nSPS) is 22.2. The molecule has 0 amide bonds. The lowest BCUT2D eigenvalue weighted by atomic mass is 10.1. The summed E-state index contributed by atoms with van der Waals surface area (Å²) in [7, 11) is 1.86. The third kappa shape index (κ3) is 5.70. The first-order valence-electron chi connectivity index (χ1n) is 10.1. The highest BCUT2D eigenvalue weighted by molar-refractivity contribution is 14.0. The lowest BCUT2D eigenvalue weighted by Gasteiger charge is -2.36. The minimum absolute atomic E-state index is 0. The topological polar surface area (TPSA) is 57.9 Å². The number of nitrogens with zero attached hydrogens (tertiary/aromatic N) is 5. The zero-order chi connectivity index (χ0) is 19.2. The summed E-state index contributed by atoms with van der Waals surface area (Å²) >= 11 is 0. The van der Waals surface area contributed by atoms with E-state index in [-0.39, 0.29) is 30.1 Å². The number of fused-ring (bicyclic) bond motifs is 1. The Balaban J connectivity index is 0.00000240. The predicted molar refractivity (Wildman–Crippen MR) is 126 cm³/mol. The Labute approximate surface area is 190 Å². The number of hydrogen-bond donors (Lipinski definition) is 1. The van der Waals surface area contributed by atoms with Gasteiger partial charge in [0.2, 0.25) is 0 Å². The van der Waals surface area contributed by atoms with Crippen molar-refractivity contribution in [1.29, 1.82) is 0 Å². The minimum Gasteiger partial charge on any atom is -0.373 e. The molecular weight excluding hydrogens is 479 g/mol. The maximum atomic E-state index is 6.09. The SMILES string of the molecule is CN=C(NCCCn1ccnc1)N1CC2OCCN(Cc3ccccc3)C2C1.I. The van der Waals surface area contributed by atoms with E-state index >= 15 is 0 Å². The Morgan fingerprint density at radius 3 is 2.90 bits per heavy atom. The van der Waals surface area contributed by atoms with Crippen LogP contribution in [0.25, 0.3) is 0 Å². The molecule has 0 radical (unpaired) electrons. The van der Waals surface area contributed by atoms with Crippen LogP contribution in [-0.4, -0.2) is 77.3 Å². The van der Waals surface area contributed by atoms with Gasteiger partial charge in [-0.1, -0.05) is 30.3 Å². The first kappa shape index (κ1) is 22.0. The summed E-state index contributed by atoms with van der Waals surface area (Å²) in [5.41, 5.74) is 1.36. The van der Waals surface area contributed by atoms with Gasteiger partial charge in [0.1, 0.15) is 0 Å². The monoisotopic (exact) mass is 510 g/mol. The summed E-state index contributed by atoms with van der Waals surface area (Å²) in [6.07, 6.45) is 6.96. The molecule has 0 saturated carbocycles. The van der Waals surface area contributed by atoms with E-state index in [0.717, 1.165) is 58.3 Å². The average Bonchev–Trinajstić information content (AvgIpc) is 3.39. The summed E-state index contributed by atoms with van der Waals surface area (Å²) in [5, 5.41) is 3.52. The Morgan fingerprint density at radius 2 is 2.14 bits per heavy atom. The molecule has 2 atom stereocenters. The van der Waals surface area contributed by atoms with E-state index in [9.17, 15) is 0 Å². The number of likely N-dealkylation sites (tertiary alicyclic amines) is 1. The lowest BCUT2D eigenvalue weighted by molar-refractivity contribution is -0.0502. The number of morpholine rings is 1. The fourth-order valence-electron chi connectivity index (χ4n) is 4.16. The Bertz CT molecular complexity index is 754. The zero-order valence-electron chi connectivity index (χ0n) is 17.0.